The van der Waals surface area contributed by atoms with E-state index in [2.05, 4.69) is 10.2 Å². The van der Waals surface area contributed by atoms with Crippen LogP contribution in [0, 0.1) is 6.92 Å². The quantitative estimate of drug-likeness (QED) is 0.776. The normalized spacial score (nSPS) is 8.88. The standard InChI is InChI=1S/C9H10N2O.2C2H6/c1-6-2-3-8-7(4-6)9(5-12)11-10-8;2*1-2/h2-4,12H,5H2,1H3,(H,10,11);2*1-2H3. The summed E-state index contributed by atoms with van der Waals surface area (Å²) in [6.07, 6.45) is 0. The van der Waals surface area contributed by atoms with E-state index in [9.17, 15) is 0 Å². The Kier molecular flexibility index (Phi) is 7.21. The number of aliphatic hydroxyl groups is 1. The highest BCUT2D eigenvalue weighted by Gasteiger charge is 2.02. The van der Waals surface area contributed by atoms with E-state index in [4.69, 9.17) is 5.11 Å². The number of hydrogen-bond acceptors (Lipinski definition) is 2. The predicted octanol–water partition coefficient (Wildman–Crippen LogP) is 3.42. The monoisotopic (exact) mass is 222 g/mol. The van der Waals surface area contributed by atoms with Crippen molar-refractivity contribution >= 4 is 10.9 Å². The molecule has 0 aliphatic carbocycles. The van der Waals surface area contributed by atoms with Crippen molar-refractivity contribution in [1.29, 1.82) is 0 Å². The van der Waals surface area contributed by atoms with Gasteiger partial charge in [-0.3, -0.25) is 5.10 Å². The molecule has 0 unspecified atom stereocenters. The van der Waals surface area contributed by atoms with E-state index < -0.39 is 0 Å². The van der Waals surface area contributed by atoms with Crippen molar-refractivity contribution in [2.24, 2.45) is 0 Å². The highest BCUT2D eigenvalue weighted by atomic mass is 16.3. The van der Waals surface area contributed by atoms with Crippen LogP contribution in [-0.2, 0) is 6.61 Å². The van der Waals surface area contributed by atoms with Crippen molar-refractivity contribution in [3.8, 4) is 0 Å². The van der Waals surface area contributed by atoms with Gasteiger partial charge in [0.15, 0.2) is 0 Å². The lowest BCUT2D eigenvalue weighted by Gasteiger charge is -1.93. The first kappa shape index (κ1) is 14.6. The van der Waals surface area contributed by atoms with Crippen LogP contribution in [0.4, 0.5) is 0 Å². The number of hydrogen-bond donors (Lipinski definition) is 2. The molecule has 0 bridgehead atoms. The van der Waals surface area contributed by atoms with Crippen LogP contribution in [0.3, 0.4) is 0 Å². The molecule has 0 amide bonds. The number of aromatic nitrogens is 2. The highest BCUT2D eigenvalue weighted by molar-refractivity contribution is 5.81. The largest absolute Gasteiger partial charge is 0.390 e. The number of fused-ring (bicyclic) bond motifs is 1. The van der Waals surface area contributed by atoms with Crippen LogP contribution in [0.15, 0.2) is 18.2 Å². The molecule has 90 valence electrons. The smallest absolute Gasteiger partial charge is 0.0924 e. The Morgan fingerprint density at radius 1 is 1.19 bits per heavy atom. The molecule has 0 fully saturated rings. The van der Waals surface area contributed by atoms with E-state index in [1.54, 1.807) is 0 Å². The number of aryl methyl sites for hydroxylation is 1. The number of aliphatic hydroxyl groups excluding tert-OH is 1. The summed E-state index contributed by atoms with van der Waals surface area (Å²) in [7, 11) is 0. The summed E-state index contributed by atoms with van der Waals surface area (Å²) in [5, 5.41) is 16.8. The lowest BCUT2D eigenvalue weighted by atomic mass is 10.1. The average molecular weight is 222 g/mol. The molecule has 2 N–H and O–H groups in total. The maximum atomic E-state index is 8.94. The summed E-state index contributed by atoms with van der Waals surface area (Å²) in [4.78, 5) is 0. The molecule has 0 saturated carbocycles. The van der Waals surface area contributed by atoms with Gasteiger partial charge in [-0.25, -0.2) is 0 Å². The Hall–Kier alpha value is -1.35. The van der Waals surface area contributed by atoms with Crippen molar-refractivity contribution in [2.45, 2.75) is 41.2 Å². The third-order valence-electron chi connectivity index (χ3n) is 1.95. The highest BCUT2D eigenvalue weighted by Crippen LogP contribution is 2.16. The number of benzene rings is 1. The van der Waals surface area contributed by atoms with Gasteiger partial charge in [-0.1, -0.05) is 39.3 Å². The van der Waals surface area contributed by atoms with E-state index in [1.165, 1.54) is 5.56 Å². The van der Waals surface area contributed by atoms with Gasteiger partial charge in [0.2, 0.25) is 0 Å². The third-order valence-corrected chi connectivity index (χ3v) is 1.95. The number of nitrogens with one attached hydrogen (secondary N) is 1. The maximum absolute atomic E-state index is 8.94. The van der Waals surface area contributed by atoms with E-state index in [0.29, 0.717) is 0 Å². The van der Waals surface area contributed by atoms with E-state index >= 15 is 0 Å². The number of rotatable bonds is 1. The minimum absolute atomic E-state index is 0.0138. The molecule has 0 saturated heterocycles. The molecule has 3 heteroatoms. The molecule has 3 nitrogen and oxygen atoms in total. The average Bonchev–Trinajstić information content (AvgIpc) is 2.76. The van der Waals surface area contributed by atoms with Crippen LogP contribution in [0.25, 0.3) is 10.9 Å². The van der Waals surface area contributed by atoms with Crippen LogP contribution in [-0.4, -0.2) is 15.3 Å². The van der Waals surface area contributed by atoms with Crippen LogP contribution in [0.2, 0.25) is 0 Å². The molecular formula is C13H22N2O. The summed E-state index contributed by atoms with van der Waals surface area (Å²) in [6, 6.07) is 5.97. The van der Waals surface area contributed by atoms with E-state index in [0.717, 1.165) is 16.6 Å². The summed E-state index contributed by atoms with van der Waals surface area (Å²) in [5.41, 5.74) is 2.87. The molecule has 0 atom stereocenters. The SMILES string of the molecule is CC.CC.Cc1ccc2n[nH]c(CO)c2c1. The van der Waals surface area contributed by atoms with Crippen molar-refractivity contribution < 1.29 is 5.11 Å². The molecule has 1 aromatic carbocycles. The maximum Gasteiger partial charge on any atom is 0.0924 e. The molecule has 0 spiro atoms. The van der Waals surface area contributed by atoms with Crippen LogP contribution < -0.4 is 0 Å². The summed E-state index contributed by atoms with van der Waals surface area (Å²) < 4.78 is 0. The van der Waals surface area contributed by atoms with Gasteiger partial charge in [0.05, 0.1) is 17.8 Å². The molecule has 2 aromatic rings. The number of nitrogens with zero attached hydrogens (tertiary/aromatic N) is 1. The second-order valence-corrected chi connectivity index (χ2v) is 2.88. The van der Waals surface area contributed by atoms with Crippen LogP contribution >= 0.6 is 0 Å². The molecule has 2 rings (SSSR count). The molecule has 0 aliphatic rings. The van der Waals surface area contributed by atoms with Gasteiger partial charge in [-0.05, 0) is 19.1 Å². The Labute approximate surface area is 97.5 Å². The predicted molar refractivity (Wildman–Crippen MR) is 69.4 cm³/mol. The second kappa shape index (κ2) is 7.88. The van der Waals surface area contributed by atoms with Gasteiger partial charge >= 0.3 is 0 Å². The first-order valence-electron chi connectivity index (χ1n) is 5.86. The third kappa shape index (κ3) is 3.35. The lowest BCUT2D eigenvalue weighted by molar-refractivity contribution is 0.278. The first-order chi connectivity index (χ1) is 7.81. The fourth-order valence-electron chi connectivity index (χ4n) is 1.30. The minimum atomic E-state index is 0.0138. The molecule has 1 heterocycles. The molecule has 1 aromatic heterocycles. The fraction of sp³-hybridized carbons (Fsp3) is 0.462. The molecule has 0 radical (unpaired) electrons. The van der Waals surface area contributed by atoms with Crippen LogP contribution in [0.5, 0.6) is 0 Å². The van der Waals surface area contributed by atoms with Crippen LogP contribution in [0.1, 0.15) is 39.0 Å². The van der Waals surface area contributed by atoms with Gasteiger partial charge < -0.3 is 5.11 Å². The lowest BCUT2D eigenvalue weighted by Crippen LogP contribution is -1.82. The second-order valence-electron chi connectivity index (χ2n) is 2.88. The van der Waals surface area contributed by atoms with Gasteiger partial charge in [0, 0.05) is 5.39 Å². The molecular weight excluding hydrogens is 200 g/mol. The van der Waals surface area contributed by atoms with Gasteiger partial charge in [-0.15, -0.1) is 0 Å². The minimum Gasteiger partial charge on any atom is -0.390 e. The summed E-state index contributed by atoms with van der Waals surface area (Å²) in [6.45, 7) is 10.0. The summed E-state index contributed by atoms with van der Waals surface area (Å²) >= 11 is 0. The van der Waals surface area contributed by atoms with Crippen molar-refractivity contribution in [2.75, 3.05) is 0 Å². The van der Waals surface area contributed by atoms with Gasteiger partial charge in [0.1, 0.15) is 0 Å². The fourth-order valence-corrected chi connectivity index (χ4v) is 1.30. The zero-order valence-electron chi connectivity index (χ0n) is 10.8. The van der Waals surface area contributed by atoms with Crippen molar-refractivity contribution in [3.05, 3.63) is 29.5 Å². The van der Waals surface area contributed by atoms with Crippen molar-refractivity contribution in [1.82, 2.24) is 10.2 Å². The zero-order chi connectivity index (χ0) is 12.6. The Morgan fingerprint density at radius 2 is 1.81 bits per heavy atom. The zero-order valence-corrected chi connectivity index (χ0v) is 10.8. The number of H-pyrrole nitrogens is 1. The van der Waals surface area contributed by atoms with Crippen molar-refractivity contribution in [3.63, 3.8) is 0 Å². The van der Waals surface area contributed by atoms with E-state index in [-0.39, 0.29) is 6.61 Å². The molecule has 0 aliphatic heterocycles. The first-order valence-corrected chi connectivity index (χ1v) is 5.86. The Balaban J connectivity index is 0.000000509. The van der Waals surface area contributed by atoms with E-state index in [1.807, 2.05) is 52.8 Å². The van der Waals surface area contributed by atoms with Gasteiger partial charge in [0.25, 0.3) is 0 Å². The molecule has 16 heavy (non-hydrogen) atoms. The Morgan fingerprint density at radius 3 is 2.38 bits per heavy atom. The Bertz CT molecular complexity index is 407. The van der Waals surface area contributed by atoms with Gasteiger partial charge in [-0.2, -0.15) is 5.10 Å². The summed E-state index contributed by atoms with van der Waals surface area (Å²) in [5.74, 6) is 0. The number of aromatic amines is 1. The topological polar surface area (TPSA) is 48.9 Å².